The highest BCUT2D eigenvalue weighted by Gasteiger charge is 2.22. The van der Waals surface area contributed by atoms with Gasteiger partial charge in [0.05, 0.1) is 17.4 Å². The summed E-state index contributed by atoms with van der Waals surface area (Å²) in [6.07, 6.45) is 8.35. The van der Waals surface area contributed by atoms with Crippen LogP contribution in [-0.4, -0.2) is 24.7 Å². The van der Waals surface area contributed by atoms with E-state index in [2.05, 4.69) is 25.4 Å². The first kappa shape index (κ1) is 16.6. The van der Waals surface area contributed by atoms with Gasteiger partial charge in [0.15, 0.2) is 5.82 Å². The molecule has 2 aromatic heterocycles. The maximum absolute atomic E-state index is 15.2. The van der Waals surface area contributed by atoms with Crippen molar-refractivity contribution in [3.8, 4) is 11.4 Å². The van der Waals surface area contributed by atoms with E-state index in [4.69, 9.17) is 5.73 Å². The van der Waals surface area contributed by atoms with E-state index in [1.165, 1.54) is 6.33 Å². The van der Waals surface area contributed by atoms with E-state index in [-0.39, 0.29) is 11.9 Å². The van der Waals surface area contributed by atoms with Crippen molar-refractivity contribution in [3.63, 3.8) is 0 Å². The Morgan fingerprint density at radius 2 is 2.15 bits per heavy atom. The van der Waals surface area contributed by atoms with Crippen LogP contribution in [0.2, 0.25) is 0 Å². The quantitative estimate of drug-likeness (QED) is 0.703. The molecule has 0 aliphatic heterocycles. The maximum atomic E-state index is 15.2. The topological polar surface area (TPSA) is 94.5 Å². The highest BCUT2D eigenvalue weighted by Crippen LogP contribution is 2.33. The minimum absolute atomic E-state index is 0.114. The van der Waals surface area contributed by atoms with E-state index >= 15 is 4.39 Å². The lowest BCUT2D eigenvalue weighted by Crippen LogP contribution is -2.12. The van der Waals surface area contributed by atoms with Crippen LogP contribution in [-0.2, 0) is 13.5 Å². The monoisotopic (exact) mass is 353 g/mol. The summed E-state index contributed by atoms with van der Waals surface area (Å²) in [5, 5.41) is 7.13. The third-order valence-corrected chi connectivity index (χ3v) is 4.64. The Balaban J connectivity index is 1.69. The number of rotatable bonds is 3. The van der Waals surface area contributed by atoms with Gasteiger partial charge in [0, 0.05) is 19.3 Å². The third kappa shape index (κ3) is 3.15. The zero-order valence-electron chi connectivity index (χ0n) is 14.5. The van der Waals surface area contributed by atoms with Crippen LogP contribution in [0.4, 0.5) is 16.0 Å². The number of nitrogens with zero attached hydrogens (tertiary/aromatic N) is 5. The molecule has 1 aromatic carbocycles. The van der Waals surface area contributed by atoms with Crippen molar-refractivity contribution in [2.75, 3.05) is 5.32 Å². The van der Waals surface area contributed by atoms with Gasteiger partial charge in [0.1, 0.15) is 12.1 Å². The Labute approximate surface area is 150 Å². The molecule has 1 aliphatic rings. The summed E-state index contributed by atoms with van der Waals surface area (Å²) in [5.74, 6) is 0.358. The molecule has 0 spiro atoms. The van der Waals surface area contributed by atoms with Crippen molar-refractivity contribution >= 4 is 11.6 Å². The van der Waals surface area contributed by atoms with Crippen LogP contribution in [0.3, 0.4) is 0 Å². The second kappa shape index (κ2) is 6.80. The zero-order chi connectivity index (χ0) is 18.1. The lowest BCUT2D eigenvalue weighted by atomic mass is 9.96. The highest BCUT2D eigenvalue weighted by atomic mass is 19.1. The van der Waals surface area contributed by atoms with Crippen molar-refractivity contribution in [1.29, 1.82) is 0 Å². The fourth-order valence-corrected chi connectivity index (χ4v) is 3.33. The molecule has 1 aliphatic carbocycles. The molecule has 0 unspecified atom stereocenters. The molecule has 8 heteroatoms. The smallest absolute Gasteiger partial charge is 0.230 e. The standard InChI is InChI=1S/C18H20FN7/c1-26-9-11(8-23-26)24-18-22-10-21-17(25-18)14-7-6-12-13(16(14)19)4-2-3-5-15(12)20/h6-10,15H,2-5,20H2,1H3,(H,21,22,24,25)/t15-/m1/s1. The van der Waals surface area contributed by atoms with Crippen molar-refractivity contribution in [1.82, 2.24) is 24.7 Å². The fourth-order valence-electron chi connectivity index (χ4n) is 3.33. The van der Waals surface area contributed by atoms with Crippen LogP contribution in [0.5, 0.6) is 0 Å². The molecule has 0 radical (unpaired) electrons. The number of nitrogens with one attached hydrogen (secondary N) is 1. The van der Waals surface area contributed by atoms with Gasteiger partial charge in [-0.25, -0.2) is 14.4 Å². The van der Waals surface area contributed by atoms with E-state index < -0.39 is 0 Å². The Morgan fingerprint density at radius 3 is 2.96 bits per heavy atom. The van der Waals surface area contributed by atoms with Crippen LogP contribution in [0.15, 0.2) is 30.9 Å². The first-order chi connectivity index (χ1) is 12.6. The lowest BCUT2D eigenvalue weighted by Gasteiger charge is -2.15. The van der Waals surface area contributed by atoms with Crippen molar-refractivity contribution in [2.45, 2.75) is 31.7 Å². The normalized spacial score (nSPS) is 16.8. The average molecular weight is 353 g/mol. The predicted molar refractivity (Wildman–Crippen MR) is 96.2 cm³/mol. The number of nitrogens with two attached hydrogens (primary N) is 1. The number of benzene rings is 1. The van der Waals surface area contributed by atoms with Gasteiger partial charge in [0.2, 0.25) is 5.95 Å². The summed E-state index contributed by atoms with van der Waals surface area (Å²) in [7, 11) is 1.82. The molecule has 0 amide bonds. The molecule has 0 bridgehead atoms. The van der Waals surface area contributed by atoms with Crippen LogP contribution in [0.25, 0.3) is 11.4 Å². The summed E-state index contributed by atoms with van der Waals surface area (Å²) in [6, 6.07) is 3.50. The molecule has 0 fully saturated rings. The number of halogens is 1. The summed E-state index contributed by atoms with van der Waals surface area (Å²) >= 11 is 0. The van der Waals surface area contributed by atoms with E-state index in [9.17, 15) is 0 Å². The van der Waals surface area contributed by atoms with Gasteiger partial charge in [-0.05, 0) is 36.5 Å². The maximum Gasteiger partial charge on any atom is 0.230 e. The molecule has 1 atom stereocenters. The summed E-state index contributed by atoms with van der Waals surface area (Å²) in [5.41, 5.74) is 8.89. The van der Waals surface area contributed by atoms with Crippen molar-refractivity contribution < 1.29 is 4.39 Å². The molecule has 0 saturated carbocycles. The minimum atomic E-state index is -0.279. The second-order valence-corrected chi connectivity index (χ2v) is 6.51. The summed E-state index contributed by atoms with van der Waals surface area (Å²) in [6.45, 7) is 0. The lowest BCUT2D eigenvalue weighted by molar-refractivity contribution is 0.606. The Kier molecular flexibility index (Phi) is 4.34. The number of hydrogen-bond donors (Lipinski definition) is 2. The van der Waals surface area contributed by atoms with Gasteiger partial charge in [-0.1, -0.05) is 12.5 Å². The second-order valence-electron chi connectivity index (χ2n) is 6.51. The third-order valence-electron chi connectivity index (χ3n) is 4.64. The molecule has 4 rings (SSSR count). The fraction of sp³-hybridized carbons (Fsp3) is 0.333. The SMILES string of the molecule is Cn1cc(Nc2ncnc(-c3ccc4c(c3F)CCCC[C@H]4N)n2)cn1. The van der Waals surface area contributed by atoms with Crippen molar-refractivity contribution in [3.05, 3.63) is 47.8 Å². The molecule has 0 saturated heterocycles. The summed E-state index contributed by atoms with van der Waals surface area (Å²) < 4.78 is 16.8. The van der Waals surface area contributed by atoms with Gasteiger partial charge in [-0.15, -0.1) is 0 Å². The minimum Gasteiger partial charge on any atom is -0.324 e. The van der Waals surface area contributed by atoms with Gasteiger partial charge in [-0.3, -0.25) is 4.68 Å². The molecule has 3 aromatic rings. The van der Waals surface area contributed by atoms with E-state index in [1.807, 2.05) is 13.1 Å². The molecule has 26 heavy (non-hydrogen) atoms. The average Bonchev–Trinajstić information content (AvgIpc) is 2.93. The molecule has 3 N–H and O–H groups in total. The number of fused-ring (bicyclic) bond motifs is 1. The van der Waals surface area contributed by atoms with E-state index in [0.29, 0.717) is 29.3 Å². The molecule has 7 nitrogen and oxygen atoms in total. The van der Waals surface area contributed by atoms with Crippen LogP contribution in [0, 0.1) is 5.82 Å². The van der Waals surface area contributed by atoms with Crippen molar-refractivity contribution in [2.24, 2.45) is 12.8 Å². The predicted octanol–water partition coefficient (Wildman–Crippen LogP) is 2.88. The number of anilines is 2. The Bertz CT molecular complexity index is 937. The number of aromatic nitrogens is 5. The number of hydrogen-bond acceptors (Lipinski definition) is 6. The van der Waals surface area contributed by atoms with Gasteiger partial charge >= 0.3 is 0 Å². The summed E-state index contributed by atoms with van der Waals surface area (Å²) in [4.78, 5) is 12.6. The van der Waals surface area contributed by atoms with Crippen LogP contribution < -0.4 is 11.1 Å². The number of aryl methyl sites for hydroxylation is 1. The van der Waals surface area contributed by atoms with E-state index in [1.54, 1.807) is 23.1 Å². The van der Waals surface area contributed by atoms with E-state index in [0.717, 1.165) is 30.5 Å². The molecule has 2 heterocycles. The molecule has 134 valence electrons. The van der Waals surface area contributed by atoms with Crippen LogP contribution in [0.1, 0.15) is 36.4 Å². The molecular formula is C18H20FN7. The molecular weight excluding hydrogens is 333 g/mol. The van der Waals surface area contributed by atoms with Gasteiger partial charge in [-0.2, -0.15) is 10.1 Å². The highest BCUT2D eigenvalue weighted by molar-refractivity contribution is 5.61. The Morgan fingerprint density at radius 1 is 1.27 bits per heavy atom. The zero-order valence-corrected chi connectivity index (χ0v) is 14.5. The first-order valence-electron chi connectivity index (χ1n) is 8.64. The first-order valence-corrected chi connectivity index (χ1v) is 8.64. The van der Waals surface area contributed by atoms with Gasteiger partial charge < -0.3 is 11.1 Å². The van der Waals surface area contributed by atoms with Crippen LogP contribution >= 0.6 is 0 Å². The Hall–Kier alpha value is -2.87. The van der Waals surface area contributed by atoms with Gasteiger partial charge in [0.25, 0.3) is 0 Å². The largest absolute Gasteiger partial charge is 0.324 e.